The van der Waals surface area contributed by atoms with Gasteiger partial charge >= 0.3 is 5.76 Å². The number of hydrogen-bond acceptors (Lipinski definition) is 4. The molecule has 23 heavy (non-hydrogen) atoms. The molecule has 1 saturated carbocycles. The van der Waals surface area contributed by atoms with E-state index in [-0.39, 0.29) is 22.2 Å². The normalized spacial score (nSPS) is 24.2. The van der Waals surface area contributed by atoms with E-state index >= 15 is 0 Å². The minimum atomic E-state index is -4.61. The zero-order chi connectivity index (χ0) is 16.5. The van der Waals surface area contributed by atoms with Gasteiger partial charge in [0.05, 0.1) is 16.2 Å². The summed E-state index contributed by atoms with van der Waals surface area (Å²) < 4.78 is 55.3. The molecular weight excluding hydrogens is 324 g/mol. The van der Waals surface area contributed by atoms with E-state index in [0.29, 0.717) is 6.61 Å². The summed E-state index contributed by atoms with van der Waals surface area (Å²) >= 11 is 0. The first-order valence-corrected chi connectivity index (χ1v) is 9.49. The Morgan fingerprint density at radius 3 is 2.61 bits per heavy atom. The van der Waals surface area contributed by atoms with Crippen molar-refractivity contribution in [3.63, 3.8) is 0 Å². The number of rotatable bonds is 4. The Bertz CT molecular complexity index is 657. The zero-order valence-electron chi connectivity index (χ0n) is 12.8. The van der Waals surface area contributed by atoms with Crippen LogP contribution in [0.1, 0.15) is 38.5 Å². The van der Waals surface area contributed by atoms with Gasteiger partial charge in [0.1, 0.15) is 0 Å². The first-order chi connectivity index (χ1) is 10.9. The third-order valence-corrected chi connectivity index (χ3v) is 6.23. The predicted molar refractivity (Wildman–Crippen MR) is 83.4 cm³/mol. The average Bonchev–Trinajstić information content (AvgIpc) is 2.95. The van der Waals surface area contributed by atoms with Crippen LogP contribution in [0.15, 0.2) is 29.2 Å². The lowest BCUT2D eigenvalue weighted by Crippen LogP contribution is -2.42. The lowest BCUT2D eigenvalue weighted by Gasteiger charge is -2.39. The molecule has 1 aliphatic carbocycles. The molecular formula is C16H21F2NO3S. The molecule has 128 valence electrons. The number of anilines is 1. The van der Waals surface area contributed by atoms with Crippen LogP contribution in [0.4, 0.5) is 14.5 Å². The van der Waals surface area contributed by atoms with E-state index in [0.717, 1.165) is 38.5 Å². The Labute approximate surface area is 135 Å². The zero-order valence-corrected chi connectivity index (χ0v) is 13.6. The van der Waals surface area contributed by atoms with E-state index in [1.165, 1.54) is 12.1 Å². The monoisotopic (exact) mass is 345 g/mol. The number of halogens is 2. The lowest BCUT2D eigenvalue weighted by molar-refractivity contribution is -0.0767. The van der Waals surface area contributed by atoms with Crippen LogP contribution in [0.2, 0.25) is 0 Å². The second-order valence-corrected chi connectivity index (χ2v) is 8.26. The number of alkyl halides is 2. The fraction of sp³-hybridized carbons (Fsp3) is 0.625. The summed E-state index contributed by atoms with van der Waals surface area (Å²) in [6, 6.07) is 5.93. The summed E-state index contributed by atoms with van der Waals surface area (Å²) in [5.41, 5.74) is 0.139. The maximum atomic E-state index is 12.9. The van der Waals surface area contributed by atoms with Gasteiger partial charge in [0, 0.05) is 12.6 Å². The molecule has 2 aliphatic rings. The molecule has 0 radical (unpaired) electrons. The second kappa shape index (κ2) is 6.36. The number of hydrogen-bond donors (Lipinski definition) is 1. The van der Waals surface area contributed by atoms with E-state index < -0.39 is 15.6 Å². The van der Waals surface area contributed by atoms with E-state index in [4.69, 9.17) is 4.74 Å². The Morgan fingerprint density at radius 1 is 1.22 bits per heavy atom. The van der Waals surface area contributed by atoms with Gasteiger partial charge in [0.25, 0.3) is 0 Å². The third-order valence-electron chi connectivity index (χ3n) is 4.80. The van der Waals surface area contributed by atoms with Crippen LogP contribution in [0.5, 0.6) is 0 Å². The second-order valence-electron chi connectivity index (χ2n) is 6.37. The Hall–Kier alpha value is -1.21. The van der Waals surface area contributed by atoms with Gasteiger partial charge in [-0.25, -0.2) is 8.42 Å². The molecule has 1 saturated heterocycles. The van der Waals surface area contributed by atoms with Gasteiger partial charge in [-0.1, -0.05) is 25.0 Å². The van der Waals surface area contributed by atoms with Gasteiger partial charge in [-0.15, -0.1) is 0 Å². The molecule has 1 spiro atoms. The third kappa shape index (κ3) is 3.35. The van der Waals surface area contributed by atoms with Crippen molar-refractivity contribution in [1.82, 2.24) is 0 Å². The number of ether oxygens (including phenoxy) is 1. The van der Waals surface area contributed by atoms with Crippen LogP contribution in [-0.2, 0) is 14.6 Å². The van der Waals surface area contributed by atoms with Crippen molar-refractivity contribution in [2.24, 2.45) is 0 Å². The van der Waals surface area contributed by atoms with E-state index in [1.54, 1.807) is 12.1 Å². The maximum absolute atomic E-state index is 12.9. The molecule has 1 aromatic rings. The van der Waals surface area contributed by atoms with Crippen molar-refractivity contribution in [2.75, 3.05) is 11.9 Å². The number of benzene rings is 1. The smallest absolute Gasteiger partial charge is 0.341 e. The molecule has 0 aromatic heterocycles. The van der Waals surface area contributed by atoms with Crippen LogP contribution < -0.4 is 5.32 Å². The van der Waals surface area contributed by atoms with Crippen molar-refractivity contribution in [1.29, 1.82) is 0 Å². The van der Waals surface area contributed by atoms with Gasteiger partial charge in [-0.05, 0) is 37.8 Å². The minimum absolute atomic E-state index is 0.0378. The minimum Gasteiger partial charge on any atom is -0.381 e. The van der Waals surface area contributed by atoms with Crippen LogP contribution >= 0.6 is 0 Å². The number of sulfone groups is 1. The van der Waals surface area contributed by atoms with Gasteiger partial charge < -0.3 is 10.1 Å². The first-order valence-electron chi connectivity index (χ1n) is 7.95. The van der Waals surface area contributed by atoms with Crippen molar-refractivity contribution >= 4 is 15.5 Å². The quantitative estimate of drug-likeness (QED) is 0.906. The standard InChI is InChI=1S/C16H21F2NO3S/c17-15(18)23(20,21)14-6-2-1-5-13(14)19-12-7-10-22-16(11-12)8-3-4-9-16/h1-2,5-6,12,15,19H,3-4,7-11H2. The van der Waals surface area contributed by atoms with Crippen LogP contribution in [-0.4, -0.2) is 32.4 Å². The summed E-state index contributed by atoms with van der Waals surface area (Å²) in [6.07, 6.45) is 5.84. The Kier molecular flexibility index (Phi) is 4.60. The highest BCUT2D eigenvalue weighted by Crippen LogP contribution is 2.41. The molecule has 0 bridgehead atoms. The number of para-hydroxylation sites is 1. The highest BCUT2D eigenvalue weighted by Gasteiger charge is 2.40. The van der Waals surface area contributed by atoms with Crippen LogP contribution in [0.25, 0.3) is 0 Å². The van der Waals surface area contributed by atoms with Gasteiger partial charge in [-0.2, -0.15) is 8.78 Å². The molecule has 2 fully saturated rings. The molecule has 4 nitrogen and oxygen atoms in total. The van der Waals surface area contributed by atoms with Crippen molar-refractivity contribution in [3.8, 4) is 0 Å². The van der Waals surface area contributed by atoms with Gasteiger partial charge in [0.15, 0.2) is 0 Å². The molecule has 1 heterocycles. The molecule has 7 heteroatoms. The number of nitrogens with one attached hydrogen (secondary N) is 1. The molecule has 1 aliphatic heterocycles. The molecule has 1 N–H and O–H groups in total. The topological polar surface area (TPSA) is 55.4 Å². The molecule has 3 rings (SSSR count). The van der Waals surface area contributed by atoms with E-state index in [1.807, 2.05) is 0 Å². The predicted octanol–water partition coefficient (Wildman–Crippen LogP) is 3.59. The Balaban J connectivity index is 1.81. The summed E-state index contributed by atoms with van der Waals surface area (Å²) in [6.45, 7) is 0.613. The lowest BCUT2D eigenvalue weighted by atomic mass is 9.89. The first kappa shape index (κ1) is 16.6. The fourth-order valence-corrected chi connectivity index (χ4v) is 4.56. The van der Waals surface area contributed by atoms with Crippen molar-refractivity contribution in [2.45, 2.75) is 60.8 Å². The SMILES string of the molecule is O=S(=O)(c1ccccc1NC1CCOC2(CCCC2)C1)C(F)F. The average molecular weight is 345 g/mol. The summed E-state index contributed by atoms with van der Waals surface area (Å²) in [4.78, 5) is -0.332. The van der Waals surface area contributed by atoms with Crippen molar-refractivity contribution < 1.29 is 21.9 Å². The van der Waals surface area contributed by atoms with Crippen LogP contribution in [0.3, 0.4) is 0 Å². The molecule has 1 aromatic carbocycles. The molecule has 1 atom stereocenters. The van der Waals surface area contributed by atoms with Crippen molar-refractivity contribution in [3.05, 3.63) is 24.3 Å². The fourth-order valence-electron chi connectivity index (χ4n) is 3.67. The van der Waals surface area contributed by atoms with Crippen LogP contribution in [0, 0.1) is 0 Å². The summed E-state index contributed by atoms with van der Waals surface area (Å²) in [5.74, 6) is -3.42. The summed E-state index contributed by atoms with van der Waals surface area (Å²) in [5, 5.41) is 3.17. The van der Waals surface area contributed by atoms with Gasteiger partial charge in [0.2, 0.25) is 9.84 Å². The summed E-state index contributed by atoms with van der Waals surface area (Å²) in [7, 11) is -4.61. The Morgan fingerprint density at radius 2 is 1.91 bits per heavy atom. The molecule has 1 unspecified atom stereocenters. The highest BCUT2D eigenvalue weighted by molar-refractivity contribution is 7.91. The van der Waals surface area contributed by atoms with E-state index in [2.05, 4.69) is 5.32 Å². The van der Waals surface area contributed by atoms with Gasteiger partial charge in [-0.3, -0.25) is 0 Å². The maximum Gasteiger partial charge on any atom is 0.341 e. The largest absolute Gasteiger partial charge is 0.381 e. The van der Waals surface area contributed by atoms with E-state index in [9.17, 15) is 17.2 Å². The highest BCUT2D eigenvalue weighted by atomic mass is 32.2. The molecule has 0 amide bonds.